The normalized spacial score (nSPS) is 32.0. The third-order valence-corrected chi connectivity index (χ3v) is 4.53. The zero-order chi connectivity index (χ0) is 13.9. The van der Waals surface area contributed by atoms with Crippen LogP contribution in [-0.4, -0.2) is 75.7 Å². The number of nitrogens with one attached hydrogen (secondary N) is 1. The summed E-state index contributed by atoms with van der Waals surface area (Å²) in [6.07, 6.45) is 3.18. The molecule has 5 nitrogen and oxygen atoms in total. The number of likely N-dealkylation sites (tertiary alicyclic amines) is 1. The van der Waals surface area contributed by atoms with E-state index in [4.69, 9.17) is 4.74 Å². The number of piperidine rings is 1. The van der Waals surface area contributed by atoms with Crippen LogP contribution in [-0.2, 0) is 9.53 Å². The first-order chi connectivity index (χ1) is 9.09. The number of carbonyl (C=O) groups is 1. The Morgan fingerprint density at radius 1 is 1.53 bits per heavy atom. The van der Waals surface area contributed by atoms with Crippen LogP contribution in [0.5, 0.6) is 0 Å². The topological polar surface area (TPSA) is 44.8 Å². The molecule has 0 bridgehead atoms. The summed E-state index contributed by atoms with van der Waals surface area (Å²) in [5.74, 6) is 0.283. The average molecular weight is 269 g/mol. The van der Waals surface area contributed by atoms with Crippen LogP contribution < -0.4 is 5.32 Å². The van der Waals surface area contributed by atoms with Crippen molar-refractivity contribution >= 4 is 5.91 Å². The van der Waals surface area contributed by atoms with Crippen molar-refractivity contribution in [2.75, 3.05) is 54.0 Å². The average Bonchev–Trinajstić information content (AvgIpc) is 2.88. The van der Waals surface area contributed by atoms with Gasteiger partial charge in [-0.3, -0.25) is 4.79 Å². The number of likely N-dealkylation sites (N-methyl/N-ethyl adjacent to an activating group) is 1. The molecule has 1 amide bonds. The van der Waals surface area contributed by atoms with E-state index in [9.17, 15) is 4.79 Å². The van der Waals surface area contributed by atoms with E-state index in [-0.39, 0.29) is 11.3 Å². The van der Waals surface area contributed by atoms with Crippen LogP contribution in [0, 0.1) is 5.41 Å². The molecule has 2 fully saturated rings. The summed E-state index contributed by atoms with van der Waals surface area (Å²) in [5.41, 5.74) is -0.330. The number of methoxy groups -OCH3 is 1. The Balaban J connectivity index is 2.05. The predicted octanol–water partition coefficient (Wildman–Crippen LogP) is 0.165. The second kappa shape index (κ2) is 6.20. The van der Waals surface area contributed by atoms with Crippen molar-refractivity contribution in [3.8, 4) is 0 Å². The summed E-state index contributed by atoms with van der Waals surface area (Å²) >= 11 is 0. The molecule has 19 heavy (non-hydrogen) atoms. The lowest BCUT2D eigenvalue weighted by atomic mass is 9.85. The molecule has 0 spiro atoms. The van der Waals surface area contributed by atoms with Gasteiger partial charge in [0.2, 0.25) is 5.91 Å². The lowest BCUT2D eigenvalue weighted by Crippen LogP contribution is -2.54. The molecule has 1 N–H and O–H groups in total. The highest BCUT2D eigenvalue weighted by atomic mass is 16.5. The van der Waals surface area contributed by atoms with E-state index in [0.717, 1.165) is 39.0 Å². The molecule has 110 valence electrons. The maximum absolute atomic E-state index is 12.9. The van der Waals surface area contributed by atoms with E-state index >= 15 is 0 Å². The maximum atomic E-state index is 12.9. The molecule has 2 aliphatic heterocycles. The standard InChI is InChI=1S/C14H27N3O2/c1-16(2)12-5-4-8-17(9-12)13(18)14(11-19-3)6-7-15-10-14/h12,15H,4-11H2,1-3H3. The van der Waals surface area contributed by atoms with Crippen molar-refractivity contribution in [1.82, 2.24) is 15.1 Å². The highest BCUT2D eigenvalue weighted by Crippen LogP contribution is 2.30. The van der Waals surface area contributed by atoms with Gasteiger partial charge < -0.3 is 19.9 Å². The molecule has 0 aromatic carbocycles. The third kappa shape index (κ3) is 3.09. The van der Waals surface area contributed by atoms with Crippen LogP contribution in [0.1, 0.15) is 19.3 Å². The second-order valence-corrected chi connectivity index (χ2v) is 6.15. The minimum Gasteiger partial charge on any atom is -0.384 e. The van der Waals surface area contributed by atoms with Crippen LogP contribution >= 0.6 is 0 Å². The first kappa shape index (κ1) is 14.8. The van der Waals surface area contributed by atoms with Crippen LogP contribution in [0.3, 0.4) is 0 Å². The molecular formula is C14H27N3O2. The predicted molar refractivity (Wildman–Crippen MR) is 75.1 cm³/mol. The highest BCUT2D eigenvalue weighted by Gasteiger charge is 2.44. The summed E-state index contributed by atoms with van der Waals surface area (Å²) in [6.45, 7) is 3.96. The van der Waals surface area contributed by atoms with Crippen molar-refractivity contribution in [2.24, 2.45) is 5.41 Å². The van der Waals surface area contributed by atoms with Crippen molar-refractivity contribution in [1.29, 1.82) is 0 Å². The first-order valence-corrected chi connectivity index (χ1v) is 7.24. The van der Waals surface area contributed by atoms with Crippen molar-refractivity contribution in [3.05, 3.63) is 0 Å². The molecule has 2 rings (SSSR count). The number of rotatable bonds is 4. The number of nitrogens with zero attached hydrogens (tertiary/aromatic N) is 2. The van der Waals surface area contributed by atoms with Gasteiger partial charge in [-0.15, -0.1) is 0 Å². The quantitative estimate of drug-likeness (QED) is 0.790. The van der Waals surface area contributed by atoms with E-state index in [1.807, 2.05) is 0 Å². The molecule has 2 aliphatic rings. The minimum absolute atomic E-state index is 0.283. The molecule has 2 atom stereocenters. The van der Waals surface area contributed by atoms with Crippen LogP contribution in [0.2, 0.25) is 0 Å². The Labute approximate surface area is 116 Å². The fourth-order valence-electron chi connectivity index (χ4n) is 3.28. The Morgan fingerprint density at radius 3 is 2.89 bits per heavy atom. The Kier molecular flexibility index (Phi) is 4.81. The van der Waals surface area contributed by atoms with E-state index in [2.05, 4.69) is 29.2 Å². The lowest BCUT2D eigenvalue weighted by molar-refractivity contribution is -0.146. The van der Waals surface area contributed by atoms with Crippen molar-refractivity contribution in [3.63, 3.8) is 0 Å². The minimum atomic E-state index is -0.330. The smallest absolute Gasteiger partial charge is 0.232 e. The molecule has 0 aromatic rings. The van der Waals surface area contributed by atoms with E-state index in [1.54, 1.807) is 7.11 Å². The molecule has 0 aromatic heterocycles. The number of hydrogen-bond donors (Lipinski definition) is 1. The van der Waals surface area contributed by atoms with Crippen LogP contribution in [0.4, 0.5) is 0 Å². The summed E-state index contributed by atoms with van der Waals surface area (Å²) in [7, 11) is 5.88. The van der Waals surface area contributed by atoms with Crippen LogP contribution in [0.15, 0.2) is 0 Å². The fourth-order valence-corrected chi connectivity index (χ4v) is 3.28. The van der Waals surface area contributed by atoms with Crippen LogP contribution in [0.25, 0.3) is 0 Å². The molecular weight excluding hydrogens is 242 g/mol. The summed E-state index contributed by atoms with van der Waals surface area (Å²) < 4.78 is 5.32. The van der Waals surface area contributed by atoms with Gasteiger partial charge in [0.25, 0.3) is 0 Å². The van der Waals surface area contributed by atoms with Crippen molar-refractivity contribution < 1.29 is 9.53 Å². The zero-order valence-electron chi connectivity index (χ0n) is 12.4. The van der Waals surface area contributed by atoms with Gasteiger partial charge in [0.05, 0.1) is 12.0 Å². The monoisotopic (exact) mass is 269 g/mol. The summed E-state index contributed by atoms with van der Waals surface area (Å²) in [4.78, 5) is 17.2. The van der Waals surface area contributed by atoms with Gasteiger partial charge in [0, 0.05) is 32.8 Å². The Morgan fingerprint density at radius 2 is 2.32 bits per heavy atom. The molecule has 0 aliphatic carbocycles. The fraction of sp³-hybridized carbons (Fsp3) is 0.929. The zero-order valence-corrected chi connectivity index (χ0v) is 12.4. The number of hydrogen-bond acceptors (Lipinski definition) is 4. The Hall–Kier alpha value is -0.650. The van der Waals surface area contributed by atoms with E-state index in [0.29, 0.717) is 12.6 Å². The SMILES string of the molecule is COCC1(C(=O)N2CCCC(N(C)C)C2)CCNC1. The van der Waals surface area contributed by atoms with Crippen molar-refractivity contribution in [2.45, 2.75) is 25.3 Å². The number of carbonyl (C=O) groups excluding carboxylic acids is 1. The first-order valence-electron chi connectivity index (χ1n) is 7.24. The Bertz CT molecular complexity index is 314. The van der Waals surface area contributed by atoms with Gasteiger partial charge >= 0.3 is 0 Å². The van der Waals surface area contributed by atoms with Gasteiger partial charge in [-0.2, -0.15) is 0 Å². The van der Waals surface area contributed by atoms with Gasteiger partial charge in [-0.1, -0.05) is 0 Å². The molecule has 2 unspecified atom stereocenters. The van der Waals surface area contributed by atoms with Gasteiger partial charge in [0.15, 0.2) is 0 Å². The summed E-state index contributed by atoms with van der Waals surface area (Å²) in [6, 6.07) is 0.492. The van der Waals surface area contributed by atoms with Gasteiger partial charge in [0.1, 0.15) is 0 Å². The molecule has 2 saturated heterocycles. The number of ether oxygens (including phenoxy) is 1. The second-order valence-electron chi connectivity index (χ2n) is 6.15. The van der Waals surface area contributed by atoms with E-state index in [1.165, 1.54) is 6.42 Å². The van der Waals surface area contributed by atoms with E-state index < -0.39 is 0 Å². The summed E-state index contributed by atoms with van der Waals surface area (Å²) in [5, 5.41) is 3.31. The number of amides is 1. The molecule has 0 radical (unpaired) electrons. The molecule has 0 saturated carbocycles. The van der Waals surface area contributed by atoms with Gasteiger partial charge in [-0.25, -0.2) is 0 Å². The van der Waals surface area contributed by atoms with Gasteiger partial charge in [-0.05, 0) is 39.9 Å². The largest absolute Gasteiger partial charge is 0.384 e. The lowest BCUT2D eigenvalue weighted by Gasteiger charge is -2.40. The molecule has 2 heterocycles. The third-order valence-electron chi connectivity index (χ3n) is 4.53. The molecule has 5 heteroatoms. The highest BCUT2D eigenvalue weighted by molar-refractivity contribution is 5.83. The maximum Gasteiger partial charge on any atom is 0.232 e.